The average Bonchev–Trinajstić information content (AvgIpc) is 2.56. The van der Waals surface area contributed by atoms with Gasteiger partial charge in [-0.2, -0.15) is 0 Å². The minimum absolute atomic E-state index is 0.724. The van der Waals surface area contributed by atoms with Crippen LogP contribution in [0.25, 0.3) is 0 Å². The lowest BCUT2D eigenvalue weighted by Crippen LogP contribution is -2.02. The largest absolute Gasteiger partial charge is 0.340 e. The SMILES string of the molecule is CCc1ccccc1Nc1cc(Nc2ccccc2)nc(C)n1. The summed E-state index contributed by atoms with van der Waals surface area (Å²) >= 11 is 0. The summed E-state index contributed by atoms with van der Waals surface area (Å²) in [5.41, 5.74) is 3.35. The molecule has 0 atom stereocenters. The van der Waals surface area contributed by atoms with Crippen LogP contribution in [-0.2, 0) is 6.42 Å². The minimum Gasteiger partial charge on any atom is -0.340 e. The Bertz CT molecular complexity index is 784. The number of aryl methyl sites for hydroxylation is 2. The maximum Gasteiger partial charge on any atom is 0.136 e. The predicted octanol–water partition coefficient (Wildman–Crippen LogP) is 4.83. The number of nitrogens with one attached hydrogen (secondary N) is 2. The van der Waals surface area contributed by atoms with Crippen LogP contribution < -0.4 is 10.6 Å². The molecule has 3 aromatic rings. The van der Waals surface area contributed by atoms with Crippen molar-refractivity contribution < 1.29 is 0 Å². The summed E-state index contributed by atoms with van der Waals surface area (Å²) in [4.78, 5) is 8.94. The molecule has 1 heterocycles. The van der Waals surface area contributed by atoms with E-state index in [9.17, 15) is 0 Å². The summed E-state index contributed by atoms with van der Waals surface area (Å²) in [5, 5.41) is 6.71. The molecule has 4 nitrogen and oxygen atoms in total. The van der Waals surface area contributed by atoms with Gasteiger partial charge in [-0.15, -0.1) is 0 Å². The molecule has 3 rings (SSSR count). The topological polar surface area (TPSA) is 49.8 Å². The van der Waals surface area contributed by atoms with Gasteiger partial charge in [0.2, 0.25) is 0 Å². The first-order valence-corrected chi connectivity index (χ1v) is 7.77. The van der Waals surface area contributed by atoms with Crippen LogP contribution in [-0.4, -0.2) is 9.97 Å². The lowest BCUT2D eigenvalue weighted by atomic mass is 10.1. The molecule has 0 saturated carbocycles. The van der Waals surface area contributed by atoms with Gasteiger partial charge in [0, 0.05) is 17.4 Å². The summed E-state index contributed by atoms with van der Waals surface area (Å²) in [6.07, 6.45) is 0.975. The Morgan fingerprint density at radius 1 is 0.826 bits per heavy atom. The number of nitrogens with zero attached hydrogens (tertiary/aromatic N) is 2. The van der Waals surface area contributed by atoms with E-state index in [1.54, 1.807) is 0 Å². The molecule has 0 aliphatic heterocycles. The van der Waals surface area contributed by atoms with E-state index in [1.165, 1.54) is 5.56 Å². The number of hydrogen-bond donors (Lipinski definition) is 2. The molecule has 0 bridgehead atoms. The van der Waals surface area contributed by atoms with E-state index in [2.05, 4.69) is 45.7 Å². The minimum atomic E-state index is 0.724. The van der Waals surface area contributed by atoms with Gasteiger partial charge in [0.15, 0.2) is 0 Å². The van der Waals surface area contributed by atoms with Gasteiger partial charge < -0.3 is 10.6 Å². The zero-order valence-electron chi connectivity index (χ0n) is 13.4. The molecule has 2 N–H and O–H groups in total. The second-order valence-electron chi connectivity index (χ2n) is 5.31. The van der Waals surface area contributed by atoms with Crippen molar-refractivity contribution in [1.29, 1.82) is 0 Å². The molecule has 4 heteroatoms. The van der Waals surface area contributed by atoms with E-state index in [1.807, 2.05) is 49.4 Å². The monoisotopic (exact) mass is 304 g/mol. The molecule has 23 heavy (non-hydrogen) atoms. The van der Waals surface area contributed by atoms with Crippen LogP contribution in [0.15, 0.2) is 60.7 Å². The fourth-order valence-electron chi connectivity index (χ4n) is 2.45. The van der Waals surface area contributed by atoms with Gasteiger partial charge >= 0.3 is 0 Å². The number of benzene rings is 2. The first kappa shape index (κ1) is 15.0. The molecule has 0 radical (unpaired) electrons. The number of rotatable bonds is 5. The van der Waals surface area contributed by atoms with Crippen molar-refractivity contribution in [3.05, 3.63) is 72.1 Å². The van der Waals surface area contributed by atoms with E-state index in [0.717, 1.165) is 35.3 Å². The third kappa shape index (κ3) is 3.86. The second kappa shape index (κ2) is 6.92. The van der Waals surface area contributed by atoms with E-state index < -0.39 is 0 Å². The lowest BCUT2D eigenvalue weighted by Gasteiger charge is -2.12. The molecule has 1 aromatic heterocycles. The van der Waals surface area contributed by atoms with Gasteiger partial charge in [0.05, 0.1) is 0 Å². The van der Waals surface area contributed by atoms with E-state index in [0.29, 0.717) is 0 Å². The van der Waals surface area contributed by atoms with E-state index >= 15 is 0 Å². The fourth-order valence-corrected chi connectivity index (χ4v) is 2.45. The molecule has 0 saturated heterocycles. The Morgan fingerprint density at radius 2 is 1.48 bits per heavy atom. The standard InChI is InChI=1S/C19H20N4/c1-3-15-9-7-8-12-17(15)23-19-13-18(20-14(2)21-19)22-16-10-5-4-6-11-16/h4-13H,3H2,1-2H3,(H2,20,21,22,23). The third-order valence-electron chi connectivity index (χ3n) is 3.55. The summed E-state index contributed by atoms with van der Waals surface area (Å²) in [7, 11) is 0. The molecule has 0 amide bonds. The zero-order chi connectivity index (χ0) is 16.1. The van der Waals surface area contributed by atoms with Crippen molar-refractivity contribution in [1.82, 2.24) is 9.97 Å². The van der Waals surface area contributed by atoms with Crippen LogP contribution in [0.3, 0.4) is 0 Å². The van der Waals surface area contributed by atoms with Gasteiger partial charge in [-0.3, -0.25) is 0 Å². The van der Waals surface area contributed by atoms with Crippen molar-refractivity contribution in [2.45, 2.75) is 20.3 Å². The molecule has 0 aliphatic carbocycles. The summed E-state index contributed by atoms with van der Waals surface area (Å²) in [5.74, 6) is 2.29. The summed E-state index contributed by atoms with van der Waals surface area (Å²) in [6, 6.07) is 20.2. The van der Waals surface area contributed by atoms with Crippen molar-refractivity contribution in [3.63, 3.8) is 0 Å². The van der Waals surface area contributed by atoms with Crippen LogP contribution in [0.5, 0.6) is 0 Å². The summed E-state index contributed by atoms with van der Waals surface area (Å²) < 4.78 is 0. The summed E-state index contributed by atoms with van der Waals surface area (Å²) in [6.45, 7) is 4.04. The van der Waals surface area contributed by atoms with Gasteiger partial charge in [0.1, 0.15) is 17.5 Å². The first-order valence-electron chi connectivity index (χ1n) is 7.77. The smallest absolute Gasteiger partial charge is 0.136 e. The van der Waals surface area contributed by atoms with Crippen molar-refractivity contribution in [2.75, 3.05) is 10.6 Å². The quantitative estimate of drug-likeness (QED) is 0.708. The predicted molar refractivity (Wildman–Crippen MR) is 95.6 cm³/mol. The van der Waals surface area contributed by atoms with Crippen molar-refractivity contribution >= 4 is 23.0 Å². The van der Waals surface area contributed by atoms with Gasteiger partial charge in [-0.05, 0) is 37.1 Å². The van der Waals surface area contributed by atoms with Crippen LogP contribution >= 0.6 is 0 Å². The first-order chi connectivity index (χ1) is 11.2. The highest BCUT2D eigenvalue weighted by atomic mass is 15.1. The molecule has 2 aromatic carbocycles. The third-order valence-corrected chi connectivity index (χ3v) is 3.55. The zero-order valence-corrected chi connectivity index (χ0v) is 13.4. The molecule has 0 spiro atoms. The number of hydrogen-bond acceptors (Lipinski definition) is 4. The van der Waals surface area contributed by atoms with Gasteiger partial charge in [0.25, 0.3) is 0 Å². The lowest BCUT2D eigenvalue weighted by molar-refractivity contribution is 1.06. The van der Waals surface area contributed by atoms with E-state index in [4.69, 9.17) is 0 Å². The Labute approximate surface area is 136 Å². The molecule has 116 valence electrons. The highest BCUT2D eigenvalue weighted by Gasteiger charge is 2.05. The average molecular weight is 304 g/mol. The Kier molecular flexibility index (Phi) is 4.52. The van der Waals surface area contributed by atoms with Crippen LogP contribution in [0, 0.1) is 6.92 Å². The maximum absolute atomic E-state index is 4.48. The number of anilines is 4. The highest BCUT2D eigenvalue weighted by Crippen LogP contribution is 2.23. The molecule has 0 aliphatic rings. The second-order valence-corrected chi connectivity index (χ2v) is 5.31. The van der Waals surface area contributed by atoms with Gasteiger partial charge in [-0.25, -0.2) is 9.97 Å². The Hall–Kier alpha value is -2.88. The van der Waals surface area contributed by atoms with Crippen LogP contribution in [0.1, 0.15) is 18.3 Å². The van der Waals surface area contributed by atoms with E-state index in [-0.39, 0.29) is 0 Å². The molecule has 0 unspecified atom stereocenters. The van der Waals surface area contributed by atoms with Gasteiger partial charge in [-0.1, -0.05) is 43.3 Å². The van der Waals surface area contributed by atoms with Crippen LogP contribution in [0.4, 0.5) is 23.0 Å². The van der Waals surface area contributed by atoms with Crippen molar-refractivity contribution in [2.24, 2.45) is 0 Å². The fraction of sp³-hybridized carbons (Fsp3) is 0.158. The number of aromatic nitrogens is 2. The Balaban J connectivity index is 1.86. The maximum atomic E-state index is 4.48. The molecular formula is C19H20N4. The molecule has 0 fully saturated rings. The number of para-hydroxylation sites is 2. The molecular weight excluding hydrogens is 284 g/mol. The highest BCUT2D eigenvalue weighted by molar-refractivity contribution is 5.65. The van der Waals surface area contributed by atoms with Crippen LogP contribution in [0.2, 0.25) is 0 Å². The normalized spacial score (nSPS) is 10.3. The Morgan fingerprint density at radius 3 is 2.22 bits per heavy atom. The van der Waals surface area contributed by atoms with Crippen molar-refractivity contribution in [3.8, 4) is 0 Å².